The van der Waals surface area contributed by atoms with E-state index in [1.165, 1.54) is 0 Å². The zero-order chi connectivity index (χ0) is 17.4. The predicted molar refractivity (Wildman–Crippen MR) is 93.1 cm³/mol. The van der Waals surface area contributed by atoms with Crippen LogP contribution in [0.5, 0.6) is 11.5 Å². The van der Waals surface area contributed by atoms with E-state index in [-0.39, 0.29) is 12.5 Å². The van der Waals surface area contributed by atoms with Crippen molar-refractivity contribution in [2.45, 2.75) is 13.3 Å². The zero-order valence-corrected chi connectivity index (χ0v) is 14.3. The van der Waals surface area contributed by atoms with Crippen molar-refractivity contribution in [3.63, 3.8) is 0 Å². The molecule has 6 heteroatoms. The first-order valence-electron chi connectivity index (χ1n) is 7.80. The van der Waals surface area contributed by atoms with E-state index in [0.29, 0.717) is 18.0 Å². The minimum atomic E-state index is -0.168. The highest BCUT2D eigenvalue weighted by atomic mass is 16.5. The van der Waals surface area contributed by atoms with Crippen molar-refractivity contribution in [3.05, 3.63) is 47.8 Å². The van der Waals surface area contributed by atoms with Gasteiger partial charge in [-0.15, -0.1) is 0 Å². The van der Waals surface area contributed by atoms with Gasteiger partial charge in [-0.1, -0.05) is 18.2 Å². The lowest BCUT2D eigenvalue weighted by atomic mass is 10.2. The predicted octanol–water partition coefficient (Wildman–Crippen LogP) is 2.20. The third-order valence-electron chi connectivity index (χ3n) is 3.40. The van der Waals surface area contributed by atoms with Crippen LogP contribution in [0.1, 0.15) is 18.1 Å². The Balaban J connectivity index is 1.80. The molecule has 1 amide bonds. The fourth-order valence-corrected chi connectivity index (χ4v) is 2.24. The Morgan fingerprint density at radius 3 is 2.88 bits per heavy atom. The van der Waals surface area contributed by atoms with Gasteiger partial charge in [0.15, 0.2) is 18.1 Å². The smallest absolute Gasteiger partial charge is 0.257 e. The van der Waals surface area contributed by atoms with Crippen LogP contribution < -0.4 is 14.8 Å². The third-order valence-corrected chi connectivity index (χ3v) is 3.40. The molecule has 2 aromatic rings. The number of carbonyl (C=O) groups is 1. The molecule has 0 radical (unpaired) electrons. The van der Waals surface area contributed by atoms with Gasteiger partial charge in [-0.3, -0.25) is 9.48 Å². The van der Waals surface area contributed by atoms with Crippen molar-refractivity contribution in [3.8, 4) is 11.5 Å². The first-order valence-corrected chi connectivity index (χ1v) is 7.80. The Bertz CT molecular complexity index is 707. The third kappa shape index (κ3) is 5.15. The number of allylic oxidation sites excluding steroid dienone is 1. The van der Waals surface area contributed by atoms with Gasteiger partial charge in [-0.25, -0.2) is 0 Å². The molecule has 24 heavy (non-hydrogen) atoms. The number of hydrogen-bond donors (Lipinski definition) is 1. The van der Waals surface area contributed by atoms with Crippen molar-refractivity contribution in [2.75, 3.05) is 20.3 Å². The molecule has 1 heterocycles. The molecular weight excluding hydrogens is 306 g/mol. The van der Waals surface area contributed by atoms with Gasteiger partial charge in [0, 0.05) is 19.8 Å². The van der Waals surface area contributed by atoms with E-state index in [4.69, 9.17) is 9.47 Å². The summed E-state index contributed by atoms with van der Waals surface area (Å²) < 4.78 is 12.6. The van der Waals surface area contributed by atoms with Crippen LogP contribution in [0.4, 0.5) is 0 Å². The monoisotopic (exact) mass is 329 g/mol. The van der Waals surface area contributed by atoms with E-state index in [2.05, 4.69) is 10.4 Å². The fraction of sp³-hybridized carbons (Fsp3) is 0.333. The van der Waals surface area contributed by atoms with Gasteiger partial charge in [-0.05, 0) is 36.6 Å². The minimum absolute atomic E-state index is 0.0492. The van der Waals surface area contributed by atoms with Crippen LogP contribution in [-0.2, 0) is 18.3 Å². The number of methoxy groups -OCH3 is 1. The van der Waals surface area contributed by atoms with E-state index in [1.807, 2.05) is 44.5 Å². The second kappa shape index (κ2) is 8.76. The molecule has 0 unspecified atom stereocenters. The molecule has 0 saturated carbocycles. The molecule has 0 bridgehead atoms. The molecule has 0 saturated heterocycles. The summed E-state index contributed by atoms with van der Waals surface area (Å²) in [7, 11) is 3.44. The summed E-state index contributed by atoms with van der Waals surface area (Å²) in [5.41, 5.74) is 2.10. The largest absolute Gasteiger partial charge is 0.493 e. The van der Waals surface area contributed by atoms with Crippen molar-refractivity contribution < 1.29 is 14.3 Å². The number of nitrogens with zero attached hydrogens (tertiary/aromatic N) is 2. The number of amides is 1. The van der Waals surface area contributed by atoms with Gasteiger partial charge in [-0.2, -0.15) is 5.10 Å². The Labute approximate surface area is 142 Å². The second-order valence-electron chi connectivity index (χ2n) is 5.32. The summed E-state index contributed by atoms with van der Waals surface area (Å²) >= 11 is 0. The number of aromatic nitrogens is 2. The molecule has 6 nitrogen and oxygen atoms in total. The van der Waals surface area contributed by atoms with Gasteiger partial charge in [0.05, 0.1) is 13.3 Å². The number of nitrogens with one attached hydrogen (secondary N) is 1. The Morgan fingerprint density at radius 2 is 2.21 bits per heavy atom. The number of aryl methyl sites for hydroxylation is 1. The maximum absolute atomic E-state index is 11.9. The first kappa shape index (κ1) is 17.6. The topological polar surface area (TPSA) is 65.4 Å². The van der Waals surface area contributed by atoms with Crippen molar-refractivity contribution in [1.82, 2.24) is 15.1 Å². The first-order chi connectivity index (χ1) is 11.6. The lowest BCUT2D eigenvalue weighted by Gasteiger charge is -2.11. The minimum Gasteiger partial charge on any atom is -0.493 e. The highest BCUT2D eigenvalue weighted by Gasteiger charge is 2.08. The summed E-state index contributed by atoms with van der Waals surface area (Å²) in [5, 5.41) is 6.92. The molecule has 0 atom stereocenters. The number of rotatable bonds is 8. The zero-order valence-electron chi connectivity index (χ0n) is 14.3. The highest BCUT2D eigenvalue weighted by Crippen LogP contribution is 2.28. The average molecular weight is 329 g/mol. The molecule has 0 aliphatic rings. The van der Waals surface area contributed by atoms with Crippen LogP contribution >= 0.6 is 0 Å². The van der Waals surface area contributed by atoms with Gasteiger partial charge in [0.1, 0.15) is 0 Å². The van der Waals surface area contributed by atoms with Crippen molar-refractivity contribution in [1.29, 1.82) is 0 Å². The fourth-order valence-electron chi connectivity index (χ4n) is 2.24. The Morgan fingerprint density at radius 1 is 1.38 bits per heavy atom. The molecule has 0 aliphatic heterocycles. The number of benzene rings is 1. The quantitative estimate of drug-likeness (QED) is 0.806. The van der Waals surface area contributed by atoms with Gasteiger partial charge in [0.25, 0.3) is 5.91 Å². The molecule has 2 rings (SSSR count). The van der Waals surface area contributed by atoms with Crippen molar-refractivity contribution >= 4 is 12.0 Å². The van der Waals surface area contributed by atoms with E-state index in [0.717, 1.165) is 17.5 Å². The lowest BCUT2D eigenvalue weighted by molar-refractivity contribution is -0.123. The van der Waals surface area contributed by atoms with Crippen LogP contribution in [0, 0.1) is 0 Å². The van der Waals surface area contributed by atoms with E-state index in [9.17, 15) is 4.79 Å². The SMILES string of the molecule is C/C=C/c1ccc(OCC(=O)NCCc2cnn(C)c2)c(OC)c1. The van der Waals surface area contributed by atoms with E-state index in [1.54, 1.807) is 24.1 Å². The molecule has 0 fully saturated rings. The summed E-state index contributed by atoms with van der Waals surface area (Å²) in [6.45, 7) is 2.45. The Kier molecular flexibility index (Phi) is 6.42. The van der Waals surface area contributed by atoms with Gasteiger partial charge < -0.3 is 14.8 Å². The van der Waals surface area contributed by atoms with Gasteiger partial charge >= 0.3 is 0 Å². The molecule has 0 spiro atoms. The highest BCUT2D eigenvalue weighted by molar-refractivity contribution is 5.77. The normalized spacial score (nSPS) is 10.8. The van der Waals surface area contributed by atoms with Crippen LogP contribution in [0.25, 0.3) is 6.08 Å². The van der Waals surface area contributed by atoms with E-state index >= 15 is 0 Å². The molecule has 0 aliphatic carbocycles. The maximum atomic E-state index is 11.9. The standard InChI is InChI=1S/C18H23N3O3/c1-4-5-14-6-7-16(17(10-14)23-3)24-13-18(22)19-9-8-15-11-20-21(2)12-15/h4-7,10-12H,8-9,13H2,1-3H3,(H,19,22)/b5-4+. The number of ether oxygens (including phenoxy) is 2. The van der Waals surface area contributed by atoms with Crippen LogP contribution in [0.3, 0.4) is 0 Å². The van der Waals surface area contributed by atoms with Crippen molar-refractivity contribution in [2.24, 2.45) is 7.05 Å². The summed E-state index contributed by atoms with van der Waals surface area (Å²) in [6, 6.07) is 5.59. The number of hydrogen-bond acceptors (Lipinski definition) is 4. The van der Waals surface area contributed by atoms with Crippen LogP contribution in [0.15, 0.2) is 36.7 Å². The summed E-state index contributed by atoms with van der Waals surface area (Å²) in [6.07, 6.45) is 8.38. The van der Waals surface area contributed by atoms with Gasteiger partial charge in [0.2, 0.25) is 0 Å². The summed E-state index contributed by atoms with van der Waals surface area (Å²) in [5.74, 6) is 0.986. The van der Waals surface area contributed by atoms with Crippen LogP contribution in [0.2, 0.25) is 0 Å². The number of carbonyl (C=O) groups excluding carboxylic acids is 1. The molecule has 1 N–H and O–H groups in total. The summed E-state index contributed by atoms with van der Waals surface area (Å²) in [4.78, 5) is 11.9. The Hall–Kier alpha value is -2.76. The molecule has 128 valence electrons. The molecule has 1 aromatic heterocycles. The maximum Gasteiger partial charge on any atom is 0.257 e. The van der Waals surface area contributed by atoms with E-state index < -0.39 is 0 Å². The average Bonchev–Trinajstić information content (AvgIpc) is 2.99. The lowest BCUT2D eigenvalue weighted by Crippen LogP contribution is -2.30. The molecule has 1 aromatic carbocycles. The molecular formula is C18H23N3O3. The van der Waals surface area contributed by atoms with Crippen LogP contribution in [-0.4, -0.2) is 35.9 Å². The second-order valence-corrected chi connectivity index (χ2v) is 5.32.